The van der Waals surface area contributed by atoms with Gasteiger partial charge in [-0.05, 0) is 206 Å². The molecule has 714 valence electrons. The summed E-state index contributed by atoms with van der Waals surface area (Å²) in [7, 11) is 2.00. The predicted octanol–water partition coefficient (Wildman–Crippen LogP) is 22.7. The molecule has 30 nitrogen and oxygen atoms in total. The summed E-state index contributed by atoms with van der Waals surface area (Å²) >= 11 is 0. The number of benzene rings is 18. The average molecular weight is 1930 g/mol. The number of aromatic hydroxyl groups is 10. The van der Waals surface area contributed by atoms with E-state index in [0.717, 1.165) is 217 Å². The molecule has 0 aliphatic rings. The second kappa shape index (κ2) is 45.0. The molecule has 0 bridgehead atoms. The van der Waals surface area contributed by atoms with E-state index < -0.39 is 45.4 Å². The Hall–Kier alpha value is -20.5. The van der Waals surface area contributed by atoms with Crippen molar-refractivity contribution < 1.29 is 70.1 Å². The molecular weight excluding hydrogens is 1850 g/mol. The number of hydrogen-bond acceptors (Lipinski definition) is 30. The fourth-order valence-electron chi connectivity index (χ4n) is 15.2. The van der Waals surface area contributed by atoms with Crippen LogP contribution in [-0.2, 0) is 0 Å². The topological polar surface area (TPSA) is 484 Å². The zero-order chi connectivity index (χ0) is 102. The standard InChI is InChI=1S/2C15H10O7.7C12H8N2.2CH4O/c2*16-7-4-10(19)12-11(5-7)22-15(14(21)13(12)20)6-1-2-8(17)9(18)3-6;7*1-2-6-10-9(5-1)13-11-7-3-4-8-12(11)14-10;2*1-2/h2*1-5,16-19,21H;7*1-8H;2*2H,1H3. The highest BCUT2D eigenvalue weighted by Gasteiger charge is 2.22. The lowest BCUT2D eigenvalue weighted by molar-refractivity contribution is 0.399. The molecule has 9 aromatic heterocycles. The fourth-order valence-corrected chi connectivity index (χ4v) is 15.2. The predicted molar refractivity (Wildman–Crippen MR) is 568 cm³/mol. The molecule has 0 saturated carbocycles. The van der Waals surface area contributed by atoms with Crippen LogP contribution in [0.25, 0.3) is 199 Å². The Balaban J connectivity index is 0.000000112. The summed E-state index contributed by atoms with van der Waals surface area (Å²) in [4.78, 5) is 87.5. The van der Waals surface area contributed by atoms with E-state index in [1.807, 2.05) is 340 Å². The summed E-state index contributed by atoms with van der Waals surface area (Å²) in [5.74, 6) is -5.43. The molecule has 18 aromatic carbocycles. The number of hydrogen-bond donors (Lipinski definition) is 12. The molecule has 0 unspecified atom stereocenters. The number of rotatable bonds is 2. The average Bonchev–Trinajstić information content (AvgIpc) is 0.764. The quantitative estimate of drug-likeness (QED) is 0.0565. The molecule has 0 fully saturated rings. The van der Waals surface area contributed by atoms with Crippen molar-refractivity contribution in [3.63, 3.8) is 0 Å². The van der Waals surface area contributed by atoms with E-state index in [1.54, 1.807) is 0 Å². The summed E-state index contributed by atoms with van der Waals surface area (Å²) in [6.07, 6.45) is 0. The van der Waals surface area contributed by atoms with Gasteiger partial charge in [0.05, 0.1) is 154 Å². The van der Waals surface area contributed by atoms with Crippen molar-refractivity contribution in [3.8, 4) is 80.1 Å². The van der Waals surface area contributed by atoms with Gasteiger partial charge in [0.25, 0.3) is 0 Å². The molecule has 12 N–H and O–H groups in total. The summed E-state index contributed by atoms with van der Waals surface area (Å²) in [6, 6.07) is 122. The van der Waals surface area contributed by atoms with Crippen molar-refractivity contribution in [2.24, 2.45) is 0 Å². The van der Waals surface area contributed by atoms with E-state index in [9.17, 15) is 60.7 Å². The third kappa shape index (κ3) is 22.4. The second-order valence-corrected chi connectivity index (χ2v) is 31.7. The summed E-state index contributed by atoms with van der Waals surface area (Å²) in [6.45, 7) is 0. The molecule has 0 atom stereocenters. The monoisotopic (exact) mass is 1930 g/mol. The number of phenolic OH excluding ortho intramolecular Hbond substituents is 8. The number of phenols is 8. The lowest BCUT2D eigenvalue weighted by Gasteiger charge is -2.08. The molecule has 0 radical (unpaired) electrons. The van der Waals surface area contributed by atoms with Crippen molar-refractivity contribution in [2.45, 2.75) is 0 Å². The van der Waals surface area contributed by atoms with Crippen LogP contribution in [0.2, 0.25) is 0 Å². The van der Waals surface area contributed by atoms with E-state index in [0.29, 0.717) is 0 Å². The Labute approximate surface area is 826 Å². The molecule has 0 spiro atoms. The fraction of sp³-hybridized carbons (Fsp3) is 0.0172. The smallest absolute Gasteiger partial charge is 0.238 e. The van der Waals surface area contributed by atoms with Crippen LogP contribution < -0.4 is 10.9 Å². The van der Waals surface area contributed by atoms with Crippen molar-refractivity contribution in [1.82, 2.24) is 69.8 Å². The molecule has 0 aliphatic heterocycles. The minimum atomic E-state index is -0.888. The molecule has 0 amide bonds. The zero-order valence-corrected chi connectivity index (χ0v) is 77.4. The van der Waals surface area contributed by atoms with Gasteiger partial charge in [-0.3, -0.25) is 9.59 Å². The van der Waals surface area contributed by atoms with Gasteiger partial charge in [-0.25, -0.2) is 69.8 Å². The van der Waals surface area contributed by atoms with Crippen LogP contribution in [0.5, 0.6) is 57.5 Å². The van der Waals surface area contributed by atoms with Crippen LogP contribution in [0.15, 0.2) is 419 Å². The highest BCUT2D eigenvalue weighted by Crippen LogP contribution is 2.41. The molecule has 30 heteroatoms. The first kappa shape index (κ1) is 97.2. The number of fused-ring (bicyclic) bond motifs is 16. The Morgan fingerprint density at radius 3 is 0.432 bits per heavy atom. The normalized spacial score (nSPS) is 10.7. The van der Waals surface area contributed by atoms with Gasteiger partial charge in [0, 0.05) is 49.6 Å². The summed E-state index contributed by atoms with van der Waals surface area (Å²) in [5, 5.41) is 109. The SMILES string of the molecule is CO.CO.O=c1c(O)c(-c2ccc(O)c(O)c2)oc2cc(O)cc(O)c12.O=c1c(O)c(-c2ccc(O)c(O)c2)oc2cc(O)cc(O)c12.c1ccc2nc3ccccc3nc2c1.c1ccc2nc3ccccc3nc2c1.c1ccc2nc3ccccc3nc2c1.c1ccc2nc3ccccc3nc2c1.c1ccc2nc3ccccc3nc2c1.c1ccc2nc3ccccc3nc2c1.c1ccc2nc3ccccc3nc2c1. The minimum absolute atomic E-state index is 0.134. The third-order valence-electron chi connectivity index (χ3n) is 22.1. The van der Waals surface area contributed by atoms with E-state index in [2.05, 4.69) is 69.8 Å². The highest BCUT2D eigenvalue weighted by atomic mass is 16.4. The van der Waals surface area contributed by atoms with Gasteiger partial charge >= 0.3 is 0 Å². The van der Waals surface area contributed by atoms with Crippen LogP contribution in [0.3, 0.4) is 0 Å². The molecule has 0 aliphatic carbocycles. The molecule has 9 heterocycles. The number of aromatic nitrogens is 14. The van der Waals surface area contributed by atoms with Crippen molar-refractivity contribution in [1.29, 1.82) is 0 Å². The van der Waals surface area contributed by atoms with Crippen molar-refractivity contribution in [2.75, 3.05) is 14.2 Å². The van der Waals surface area contributed by atoms with Gasteiger partial charge in [0.15, 0.2) is 34.5 Å². The molecule has 27 aromatic rings. The van der Waals surface area contributed by atoms with Crippen molar-refractivity contribution >= 4 is 176 Å². The van der Waals surface area contributed by atoms with E-state index in [1.165, 1.54) is 12.1 Å². The van der Waals surface area contributed by atoms with E-state index in [-0.39, 0.29) is 67.6 Å². The largest absolute Gasteiger partial charge is 0.508 e. The number of para-hydroxylation sites is 28. The third-order valence-corrected chi connectivity index (χ3v) is 22.1. The van der Waals surface area contributed by atoms with Gasteiger partial charge < -0.3 is 70.1 Å². The van der Waals surface area contributed by atoms with Crippen LogP contribution in [0, 0.1) is 0 Å². The minimum Gasteiger partial charge on any atom is -0.508 e. The maximum absolute atomic E-state index is 12.1. The van der Waals surface area contributed by atoms with Crippen molar-refractivity contribution in [3.05, 3.63) is 421 Å². The number of aliphatic hydroxyl groups excluding tert-OH is 2. The van der Waals surface area contributed by atoms with Gasteiger partial charge in [0.2, 0.25) is 22.4 Å². The lowest BCUT2D eigenvalue weighted by Crippen LogP contribution is -2.02. The Bertz CT molecular complexity index is 7630. The number of aliphatic hydroxyl groups is 2. The maximum Gasteiger partial charge on any atom is 0.238 e. The van der Waals surface area contributed by atoms with Gasteiger partial charge in [-0.2, -0.15) is 0 Å². The Morgan fingerprint density at radius 2 is 0.301 bits per heavy atom. The zero-order valence-electron chi connectivity index (χ0n) is 77.4. The van der Waals surface area contributed by atoms with E-state index >= 15 is 0 Å². The summed E-state index contributed by atoms with van der Waals surface area (Å²) < 4.78 is 10.7. The van der Waals surface area contributed by atoms with Gasteiger partial charge in [-0.1, -0.05) is 170 Å². The van der Waals surface area contributed by atoms with Gasteiger partial charge in [0.1, 0.15) is 44.9 Å². The van der Waals surface area contributed by atoms with Crippen LogP contribution >= 0.6 is 0 Å². The van der Waals surface area contributed by atoms with Crippen LogP contribution in [0.1, 0.15) is 0 Å². The molecule has 146 heavy (non-hydrogen) atoms. The molecule has 0 saturated heterocycles. The first-order chi connectivity index (χ1) is 71.3. The summed E-state index contributed by atoms with van der Waals surface area (Å²) in [5.41, 5.74) is 24.8. The first-order valence-electron chi connectivity index (χ1n) is 45.0. The lowest BCUT2D eigenvalue weighted by atomic mass is 10.1. The molecule has 27 rings (SSSR count). The highest BCUT2D eigenvalue weighted by molar-refractivity contribution is 5.95. The Kier molecular flexibility index (Phi) is 29.9. The molecular formula is C116H84N14O16. The maximum atomic E-state index is 12.1. The second-order valence-electron chi connectivity index (χ2n) is 31.7. The number of nitrogens with zero attached hydrogens (tertiary/aromatic N) is 14. The van der Waals surface area contributed by atoms with Crippen LogP contribution in [0.4, 0.5) is 0 Å². The van der Waals surface area contributed by atoms with Gasteiger partial charge in [-0.15, -0.1) is 0 Å². The first-order valence-corrected chi connectivity index (χ1v) is 45.0. The van der Waals surface area contributed by atoms with Crippen LogP contribution in [-0.4, -0.2) is 145 Å². The Morgan fingerprint density at radius 1 is 0.164 bits per heavy atom. The van der Waals surface area contributed by atoms with E-state index in [4.69, 9.17) is 19.0 Å².